The predicted molar refractivity (Wildman–Crippen MR) is 98.6 cm³/mol. The Bertz CT molecular complexity index is 866. The first-order valence-corrected chi connectivity index (χ1v) is 8.42. The lowest BCUT2D eigenvalue weighted by Gasteiger charge is -2.14. The Labute approximate surface area is 147 Å². The predicted octanol–water partition coefficient (Wildman–Crippen LogP) is 4.49. The number of rotatable bonds is 5. The lowest BCUT2D eigenvalue weighted by molar-refractivity contribution is 0.0942. The summed E-state index contributed by atoms with van der Waals surface area (Å²) in [5.74, 6) is 0.605. The molecule has 0 fully saturated rings. The van der Waals surface area contributed by atoms with Gasteiger partial charge in [0.1, 0.15) is 0 Å². The fourth-order valence-electron chi connectivity index (χ4n) is 2.82. The number of nitrogens with zero attached hydrogens (tertiary/aromatic N) is 1. The molecule has 0 aliphatic carbocycles. The molecular weight excluding hydrogens is 312 g/mol. The number of hydrogen-bond donors (Lipinski definition) is 1. The van der Waals surface area contributed by atoms with Crippen molar-refractivity contribution in [2.75, 3.05) is 6.54 Å². The minimum absolute atomic E-state index is 0.220. The molecule has 3 aromatic rings. The molecule has 1 heterocycles. The van der Waals surface area contributed by atoms with Crippen LogP contribution in [0.3, 0.4) is 0 Å². The maximum Gasteiger partial charge on any atom is 0.273 e. The van der Waals surface area contributed by atoms with Crippen LogP contribution < -0.4 is 5.32 Å². The smallest absolute Gasteiger partial charge is 0.273 e. The van der Waals surface area contributed by atoms with Gasteiger partial charge in [-0.3, -0.25) is 4.79 Å². The van der Waals surface area contributed by atoms with Crippen molar-refractivity contribution in [3.8, 4) is 11.3 Å². The number of nitrogens with one attached hydrogen (secondary N) is 1. The number of aryl methyl sites for hydroxylation is 2. The first-order valence-electron chi connectivity index (χ1n) is 8.42. The van der Waals surface area contributed by atoms with E-state index in [4.69, 9.17) is 4.52 Å². The van der Waals surface area contributed by atoms with Crippen molar-refractivity contribution in [2.45, 2.75) is 26.7 Å². The van der Waals surface area contributed by atoms with E-state index in [0.29, 0.717) is 18.0 Å². The number of carbonyl (C=O) groups excluding carboxylic acids is 1. The fourth-order valence-corrected chi connectivity index (χ4v) is 2.82. The van der Waals surface area contributed by atoms with Gasteiger partial charge in [0.25, 0.3) is 5.91 Å². The zero-order chi connectivity index (χ0) is 17.8. The average molecular weight is 334 g/mol. The van der Waals surface area contributed by atoms with Gasteiger partial charge in [-0.2, -0.15) is 0 Å². The Hall–Kier alpha value is -2.88. The van der Waals surface area contributed by atoms with E-state index in [1.165, 1.54) is 16.7 Å². The minimum atomic E-state index is -0.220. The highest BCUT2D eigenvalue weighted by Gasteiger charge is 2.15. The number of amides is 1. The molecule has 0 aliphatic rings. The van der Waals surface area contributed by atoms with Gasteiger partial charge in [-0.25, -0.2) is 0 Å². The molecule has 128 valence electrons. The molecular formula is C21H22N2O2. The molecule has 25 heavy (non-hydrogen) atoms. The molecule has 0 bridgehead atoms. The summed E-state index contributed by atoms with van der Waals surface area (Å²) in [5, 5.41) is 6.83. The molecule has 1 atom stereocenters. The monoisotopic (exact) mass is 334 g/mol. The van der Waals surface area contributed by atoms with E-state index in [0.717, 1.165) is 5.56 Å². The van der Waals surface area contributed by atoms with Gasteiger partial charge in [0.15, 0.2) is 11.5 Å². The highest BCUT2D eigenvalue weighted by Crippen LogP contribution is 2.21. The van der Waals surface area contributed by atoms with Gasteiger partial charge in [-0.15, -0.1) is 0 Å². The zero-order valence-electron chi connectivity index (χ0n) is 14.7. The van der Waals surface area contributed by atoms with E-state index in [1.54, 1.807) is 6.07 Å². The van der Waals surface area contributed by atoms with Crippen LogP contribution in [0.5, 0.6) is 0 Å². The number of carbonyl (C=O) groups is 1. The van der Waals surface area contributed by atoms with Gasteiger partial charge in [0.05, 0.1) is 0 Å². The van der Waals surface area contributed by atoms with E-state index in [9.17, 15) is 4.79 Å². The van der Waals surface area contributed by atoms with E-state index in [1.807, 2.05) is 43.3 Å². The molecule has 0 unspecified atom stereocenters. The second kappa shape index (κ2) is 7.34. The lowest BCUT2D eigenvalue weighted by Crippen LogP contribution is -2.27. The molecule has 2 aromatic carbocycles. The van der Waals surface area contributed by atoms with Gasteiger partial charge in [-0.05, 0) is 30.9 Å². The molecule has 1 amide bonds. The first kappa shape index (κ1) is 17.0. The zero-order valence-corrected chi connectivity index (χ0v) is 14.7. The van der Waals surface area contributed by atoms with Crippen molar-refractivity contribution < 1.29 is 9.32 Å². The maximum atomic E-state index is 12.3. The highest BCUT2D eigenvalue weighted by atomic mass is 16.5. The average Bonchev–Trinajstić information content (AvgIpc) is 3.10. The molecule has 0 saturated carbocycles. The van der Waals surface area contributed by atoms with Gasteiger partial charge in [0, 0.05) is 18.2 Å². The molecule has 4 heteroatoms. The lowest BCUT2D eigenvalue weighted by atomic mass is 9.96. The third-order valence-corrected chi connectivity index (χ3v) is 4.37. The molecule has 4 nitrogen and oxygen atoms in total. The molecule has 0 radical (unpaired) electrons. The Kier molecular flexibility index (Phi) is 4.98. The minimum Gasteiger partial charge on any atom is -0.355 e. The van der Waals surface area contributed by atoms with Crippen LogP contribution in [-0.2, 0) is 0 Å². The van der Waals surface area contributed by atoms with Crippen LogP contribution in [-0.4, -0.2) is 17.6 Å². The van der Waals surface area contributed by atoms with Crippen molar-refractivity contribution in [1.82, 2.24) is 10.5 Å². The molecule has 0 aliphatic heterocycles. The van der Waals surface area contributed by atoms with Crippen LogP contribution in [0.25, 0.3) is 11.3 Å². The van der Waals surface area contributed by atoms with E-state index >= 15 is 0 Å². The van der Waals surface area contributed by atoms with Crippen LogP contribution in [0.4, 0.5) is 0 Å². The third-order valence-electron chi connectivity index (χ3n) is 4.37. The topological polar surface area (TPSA) is 55.1 Å². The van der Waals surface area contributed by atoms with Crippen molar-refractivity contribution in [3.05, 3.63) is 77.0 Å². The first-order chi connectivity index (χ1) is 12.0. The Morgan fingerprint density at radius 1 is 1.12 bits per heavy atom. The summed E-state index contributed by atoms with van der Waals surface area (Å²) in [5.41, 5.74) is 4.85. The highest BCUT2D eigenvalue weighted by molar-refractivity contribution is 5.93. The van der Waals surface area contributed by atoms with Crippen LogP contribution in [0, 0.1) is 13.8 Å². The SMILES string of the molecule is Cc1ccc(-c2cc(C(=O)NC[C@@H](C)c3ccccc3C)no2)cc1. The van der Waals surface area contributed by atoms with E-state index < -0.39 is 0 Å². The summed E-state index contributed by atoms with van der Waals surface area (Å²) in [7, 11) is 0. The molecule has 1 N–H and O–H groups in total. The van der Waals surface area contributed by atoms with Crippen LogP contribution in [0.2, 0.25) is 0 Å². The summed E-state index contributed by atoms with van der Waals surface area (Å²) >= 11 is 0. The Morgan fingerprint density at radius 3 is 2.56 bits per heavy atom. The molecule has 0 spiro atoms. The summed E-state index contributed by atoms with van der Waals surface area (Å²) in [6.45, 7) is 6.76. The van der Waals surface area contributed by atoms with Gasteiger partial charge < -0.3 is 9.84 Å². The molecule has 3 rings (SSSR count). The number of hydrogen-bond acceptors (Lipinski definition) is 3. The van der Waals surface area contributed by atoms with Crippen molar-refractivity contribution >= 4 is 5.91 Å². The number of aromatic nitrogens is 1. The summed E-state index contributed by atoms with van der Waals surface area (Å²) < 4.78 is 5.31. The Balaban J connectivity index is 1.64. The molecule has 0 saturated heterocycles. The van der Waals surface area contributed by atoms with Crippen molar-refractivity contribution in [2.24, 2.45) is 0 Å². The van der Waals surface area contributed by atoms with E-state index in [-0.39, 0.29) is 11.8 Å². The van der Waals surface area contributed by atoms with Gasteiger partial charge in [-0.1, -0.05) is 66.2 Å². The normalized spacial score (nSPS) is 12.0. The van der Waals surface area contributed by atoms with Crippen LogP contribution in [0.1, 0.15) is 40.0 Å². The second-order valence-electron chi connectivity index (χ2n) is 6.41. The van der Waals surface area contributed by atoms with Gasteiger partial charge in [0.2, 0.25) is 0 Å². The third kappa shape index (κ3) is 3.97. The fraction of sp³-hybridized carbons (Fsp3) is 0.238. The maximum absolute atomic E-state index is 12.3. The van der Waals surface area contributed by atoms with Crippen molar-refractivity contribution in [1.29, 1.82) is 0 Å². The second-order valence-corrected chi connectivity index (χ2v) is 6.41. The summed E-state index contributed by atoms with van der Waals surface area (Å²) in [6, 6.07) is 17.8. The summed E-state index contributed by atoms with van der Waals surface area (Å²) in [6.07, 6.45) is 0. The Morgan fingerprint density at radius 2 is 1.84 bits per heavy atom. The molecule has 1 aromatic heterocycles. The van der Waals surface area contributed by atoms with E-state index in [2.05, 4.69) is 36.5 Å². The van der Waals surface area contributed by atoms with Crippen molar-refractivity contribution in [3.63, 3.8) is 0 Å². The van der Waals surface area contributed by atoms with Gasteiger partial charge >= 0.3 is 0 Å². The van der Waals surface area contributed by atoms with Crippen LogP contribution in [0.15, 0.2) is 59.1 Å². The standard InChI is InChI=1S/C21H22N2O2/c1-14-8-10-17(11-9-14)20-12-19(23-25-20)21(24)22-13-16(3)18-7-5-4-6-15(18)2/h4-12,16H,13H2,1-3H3,(H,22,24)/t16-/m1/s1. The largest absolute Gasteiger partial charge is 0.355 e. The quantitative estimate of drug-likeness (QED) is 0.748. The summed E-state index contributed by atoms with van der Waals surface area (Å²) in [4.78, 5) is 12.3. The van der Waals surface area contributed by atoms with Crippen LogP contribution >= 0.6 is 0 Å². The number of benzene rings is 2.